The van der Waals surface area contributed by atoms with Gasteiger partial charge in [-0.25, -0.2) is 0 Å². The minimum atomic E-state index is -1.63. The molecule has 194 valence electrons. The molecule has 2 N–H and O–H groups in total. The molecule has 0 radical (unpaired) electrons. The van der Waals surface area contributed by atoms with Gasteiger partial charge in [-0.1, -0.05) is 103 Å². The molecule has 7 nitrogen and oxygen atoms in total. The lowest BCUT2D eigenvalue weighted by molar-refractivity contribution is -0.139. The fourth-order valence-electron chi connectivity index (χ4n) is 5.11. The molecule has 1 aromatic heterocycles. The zero-order chi connectivity index (χ0) is 26.5. The Labute approximate surface area is 222 Å². The molecule has 0 spiro atoms. The molecule has 2 heterocycles. The number of fused-ring (bicyclic) bond motifs is 1. The zero-order valence-corrected chi connectivity index (χ0v) is 21.4. The van der Waals surface area contributed by atoms with Crippen LogP contribution in [0.25, 0.3) is 0 Å². The van der Waals surface area contributed by atoms with E-state index in [1.807, 2.05) is 110 Å². The molecular weight excluding hydrogens is 476 g/mol. The van der Waals surface area contributed by atoms with Crippen molar-refractivity contribution in [2.45, 2.75) is 38.0 Å². The second kappa shape index (κ2) is 11.1. The molecule has 3 aromatic carbocycles. The maximum Gasteiger partial charge on any atom is 0.264 e. The number of aliphatic hydroxyl groups is 2. The predicted octanol–water partition coefficient (Wildman–Crippen LogP) is 4.42. The number of allylic oxidation sites excluding steroid dienone is 1. The standard InChI is InChI=1S/C31H32N4O3/c1-23(12-10-11-19-34-21-28(32-33-34)26(22-36)25-15-6-3-7-16-25)31(38)27-17-8-9-18-29(27)35(30(31)37)20-24-13-4-2-5-14-24/h2-10,12-18,21,23,26,36,38H,11,19-20,22H2,1H3/b12-10+/t23-,26?,31+/m0/s1. The minimum absolute atomic E-state index is 0.0461. The largest absolute Gasteiger partial charge is 0.395 e. The highest BCUT2D eigenvalue weighted by Gasteiger charge is 2.52. The first-order valence-corrected chi connectivity index (χ1v) is 12.9. The van der Waals surface area contributed by atoms with Crippen LogP contribution in [0.3, 0.4) is 0 Å². The van der Waals surface area contributed by atoms with E-state index in [2.05, 4.69) is 10.3 Å². The monoisotopic (exact) mass is 508 g/mol. The summed E-state index contributed by atoms with van der Waals surface area (Å²) in [5.74, 6) is -0.960. The van der Waals surface area contributed by atoms with Gasteiger partial charge in [0.15, 0.2) is 5.60 Å². The van der Waals surface area contributed by atoms with E-state index in [9.17, 15) is 15.0 Å². The number of amides is 1. The number of hydrogen-bond donors (Lipinski definition) is 2. The van der Waals surface area contributed by atoms with E-state index >= 15 is 0 Å². The van der Waals surface area contributed by atoms with Crippen LogP contribution in [-0.2, 0) is 23.5 Å². The molecule has 0 fully saturated rings. The quantitative estimate of drug-likeness (QED) is 0.310. The van der Waals surface area contributed by atoms with Crippen LogP contribution in [0, 0.1) is 5.92 Å². The Morgan fingerprint density at radius 2 is 1.66 bits per heavy atom. The van der Waals surface area contributed by atoms with Crippen LogP contribution in [0.5, 0.6) is 0 Å². The van der Waals surface area contributed by atoms with Gasteiger partial charge in [0, 0.05) is 24.2 Å². The second-order valence-electron chi connectivity index (χ2n) is 9.72. The van der Waals surface area contributed by atoms with Crippen molar-refractivity contribution in [1.82, 2.24) is 15.0 Å². The Balaban J connectivity index is 1.26. The number of rotatable bonds is 10. The molecule has 1 aliphatic heterocycles. The first-order valence-electron chi connectivity index (χ1n) is 12.9. The number of hydrogen-bond acceptors (Lipinski definition) is 5. The third-order valence-corrected chi connectivity index (χ3v) is 7.27. The lowest BCUT2D eigenvalue weighted by atomic mass is 9.83. The zero-order valence-electron chi connectivity index (χ0n) is 21.4. The first kappa shape index (κ1) is 25.6. The smallest absolute Gasteiger partial charge is 0.264 e. The fourth-order valence-corrected chi connectivity index (χ4v) is 5.11. The average molecular weight is 509 g/mol. The Kier molecular flexibility index (Phi) is 7.49. The summed E-state index contributed by atoms with van der Waals surface area (Å²) >= 11 is 0. The number of aryl methyl sites for hydroxylation is 1. The molecule has 1 unspecified atom stereocenters. The Bertz CT molecular complexity index is 1400. The predicted molar refractivity (Wildman–Crippen MR) is 146 cm³/mol. The average Bonchev–Trinajstić information content (AvgIpc) is 3.50. The molecule has 3 atom stereocenters. The Hall–Kier alpha value is -4.07. The van der Waals surface area contributed by atoms with Crippen molar-refractivity contribution >= 4 is 11.6 Å². The minimum Gasteiger partial charge on any atom is -0.395 e. The van der Waals surface area contributed by atoms with Crippen molar-refractivity contribution in [2.75, 3.05) is 11.5 Å². The van der Waals surface area contributed by atoms with E-state index in [1.54, 1.807) is 9.58 Å². The Morgan fingerprint density at radius 3 is 2.39 bits per heavy atom. The van der Waals surface area contributed by atoms with E-state index in [0.717, 1.165) is 22.5 Å². The molecule has 4 aromatic rings. The number of nitrogens with zero attached hydrogens (tertiary/aromatic N) is 4. The molecule has 1 amide bonds. The van der Waals surface area contributed by atoms with Crippen LogP contribution in [0.4, 0.5) is 5.69 Å². The van der Waals surface area contributed by atoms with Crippen molar-refractivity contribution in [1.29, 1.82) is 0 Å². The highest BCUT2D eigenvalue weighted by atomic mass is 16.3. The topological polar surface area (TPSA) is 91.5 Å². The van der Waals surface area contributed by atoms with Crippen LogP contribution in [0.1, 0.15) is 41.6 Å². The van der Waals surface area contributed by atoms with Crippen molar-refractivity contribution < 1.29 is 15.0 Å². The van der Waals surface area contributed by atoms with Gasteiger partial charge in [-0.15, -0.1) is 5.10 Å². The Morgan fingerprint density at radius 1 is 0.974 bits per heavy atom. The summed E-state index contributed by atoms with van der Waals surface area (Å²) in [5.41, 5.74) is 2.47. The summed E-state index contributed by atoms with van der Waals surface area (Å²) in [6.07, 6.45) is 6.39. The molecular formula is C31H32N4O3. The second-order valence-corrected chi connectivity index (χ2v) is 9.72. The number of anilines is 1. The van der Waals surface area contributed by atoms with E-state index in [0.29, 0.717) is 25.1 Å². The van der Waals surface area contributed by atoms with Gasteiger partial charge in [-0.3, -0.25) is 9.48 Å². The molecule has 5 rings (SSSR count). The normalized spacial score (nSPS) is 18.6. The maximum absolute atomic E-state index is 13.6. The van der Waals surface area contributed by atoms with Crippen LogP contribution >= 0.6 is 0 Å². The summed E-state index contributed by atoms with van der Waals surface area (Å²) < 4.78 is 1.75. The molecule has 0 saturated heterocycles. The van der Waals surface area contributed by atoms with Crippen LogP contribution in [0.2, 0.25) is 0 Å². The highest BCUT2D eigenvalue weighted by molar-refractivity contribution is 6.07. The van der Waals surface area contributed by atoms with Crippen LogP contribution in [0.15, 0.2) is 103 Å². The lowest BCUT2D eigenvalue weighted by Gasteiger charge is -2.27. The van der Waals surface area contributed by atoms with E-state index in [4.69, 9.17) is 0 Å². The van der Waals surface area contributed by atoms with Crippen molar-refractivity contribution in [3.63, 3.8) is 0 Å². The SMILES string of the molecule is C[C@@H](/C=C/CCn1cc(C(CO)c2ccccc2)nn1)[C@]1(O)C(=O)N(Cc2ccccc2)c2ccccc21. The maximum atomic E-state index is 13.6. The number of para-hydroxylation sites is 1. The molecule has 0 bridgehead atoms. The molecule has 38 heavy (non-hydrogen) atoms. The van der Waals surface area contributed by atoms with Gasteiger partial charge < -0.3 is 15.1 Å². The van der Waals surface area contributed by atoms with Crippen molar-refractivity contribution in [3.8, 4) is 0 Å². The van der Waals surface area contributed by atoms with Crippen LogP contribution in [-0.4, -0.2) is 37.7 Å². The molecule has 0 saturated carbocycles. The summed E-state index contributed by atoms with van der Waals surface area (Å²) in [7, 11) is 0. The van der Waals surface area contributed by atoms with Gasteiger partial charge in [0.2, 0.25) is 0 Å². The van der Waals surface area contributed by atoms with Gasteiger partial charge in [-0.2, -0.15) is 0 Å². The fraction of sp³-hybridized carbons (Fsp3) is 0.258. The number of aliphatic hydroxyl groups excluding tert-OH is 1. The van der Waals surface area contributed by atoms with Crippen LogP contribution < -0.4 is 4.90 Å². The third-order valence-electron chi connectivity index (χ3n) is 7.27. The van der Waals surface area contributed by atoms with Gasteiger partial charge in [0.1, 0.15) is 0 Å². The summed E-state index contributed by atoms with van der Waals surface area (Å²) in [6.45, 7) is 2.82. The van der Waals surface area contributed by atoms with Gasteiger partial charge in [-0.05, 0) is 23.6 Å². The van der Waals surface area contributed by atoms with Gasteiger partial charge >= 0.3 is 0 Å². The summed E-state index contributed by atoms with van der Waals surface area (Å²) in [6, 6.07) is 27.0. The molecule has 7 heteroatoms. The summed E-state index contributed by atoms with van der Waals surface area (Å²) in [4.78, 5) is 15.3. The van der Waals surface area contributed by atoms with Crippen molar-refractivity contribution in [2.24, 2.45) is 5.92 Å². The number of carbonyl (C=O) groups is 1. The number of carbonyl (C=O) groups excluding carboxylic acids is 1. The van der Waals surface area contributed by atoms with E-state index < -0.39 is 11.5 Å². The highest BCUT2D eigenvalue weighted by Crippen LogP contribution is 2.45. The van der Waals surface area contributed by atoms with E-state index in [1.165, 1.54) is 0 Å². The summed E-state index contributed by atoms with van der Waals surface area (Å²) in [5, 5.41) is 30.1. The molecule has 1 aliphatic rings. The third kappa shape index (κ3) is 4.90. The number of aromatic nitrogens is 3. The number of benzene rings is 3. The molecule has 0 aliphatic carbocycles. The lowest BCUT2D eigenvalue weighted by Crippen LogP contribution is -2.44. The van der Waals surface area contributed by atoms with Crippen molar-refractivity contribution in [3.05, 3.63) is 126 Å². The van der Waals surface area contributed by atoms with E-state index in [-0.39, 0.29) is 18.4 Å². The van der Waals surface area contributed by atoms with Gasteiger partial charge in [0.25, 0.3) is 5.91 Å². The first-order chi connectivity index (χ1) is 18.5. The van der Waals surface area contributed by atoms with Gasteiger partial charge in [0.05, 0.1) is 30.5 Å².